The van der Waals surface area contributed by atoms with Gasteiger partial charge in [0.25, 0.3) is 5.09 Å². The van der Waals surface area contributed by atoms with E-state index in [9.17, 15) is 10.1 Å². The molecule has 6 heteroatoms. The lowest BCUT2D eigenvalue weighted by atomic mass is 9.62. The van der Waals surface area contributed by atoms with Crippen LogP contribution < -0.4 is 0 Å². The fourth-order valence-electron chi connectivity index (χ4n) is 7.48. The van der Waals surface area contributed by atoms with E-state index >= 15 is 0 Å². The lowest BCUT2D eigenvalue weighted by Crippen LogP contribution is -2.40. The second-order valence-corrected chi connectivity index (χ2v) is 9.89. The maximum absolute atomic E-state index is 10.4. The van der Waals surface area contributed by atoms with Crippen LogP contribution in [0.3, 0.4) is 0 Å². The molecule has 0 saturated heterocycles. The first kappa shape index (κ1) is 12.2. The highest BCUT2D eigenvalue weighted by atomic mass is 127. The molecule has 0 aliphatic heterocycles. The normalized spacial score (nSPS) is 65.7. The minimum atomic E-state index is -0.621. The van der Waals surface area contributed by atoms with Gasteiger partial charge in [-0.3, -0.25) is 0 Å². The maximum atomic E-state index is 10.4. The smallest absolute Gasteiger partial charge is 0.294 e. The van der Waals surface area contributed by atoms with Gasteiger partial charge in [0.15, 0.2) is 0 Å². The van der Waals surface area contributed by atoms with E-state index in [1.54, 1.807) is 0 Å². The molecule has 6 aliphatic carbocycles. The van der Waals surface area contributed by atoms with Crippen LogP contribution in [-0.2, 0) is 4.84 Å². The van der Waals surface area contributed by atoms with Crippen molar-refractivity contribution >= 4 is 45.2 Å². The first-order valence-electron chi connectivity index (χ1n) is 7.14. The zero-order chi connectivity index (χ0) is 13.1. The first-order chi connectivity index (χ1) is 9.09. The average Bonchev–Trinajstić information content (AvgIpc) is 3.05. The monoisotopic (exact) mass is 487 g/mol. The number of nitrogens with zero attached hydrogens (tertiary/aromatic N) is 1. The van der Waals surface area contributed by atoms with Crippen LogP contribution in [0.15, 0.2) is 0 Å². The predicted molar refractivity (Wildman–Crippen MR) is 84.7 cm³/mol. The van der Waals surface area contributed by atoms with Gasteiger partial charge in [-0.1, -0.05) is 45.2 Å². The molecular formula is C13H15I2NO3. The Morgan fingerprint density at radius 2 is 2.00 bits per heavy atom. The lowest BCUT2D eigenvalue weighted by Gasteiger charge is -2.42. The van der Waals surface area contributed by atoms with E-state index in [4.69, 9.17) is 0 Å². The van der Waals surface area contributed by atoms with Gasteiger partial charge in [0.2, 0.25) is 0 Å². The number of hydrogen-bond donors (Lipinski definition) is 0. The van der Waals surface area contributed by atoms with Gasteiger partial charge in [-0.15, -0.1) is 10.1 Å². The minimum absolute atomic E-state index is 0.312. The van der Waals surface area contributed by atoms with E-state index in [0.29, 0.717) is 12.0 Å². The lowest BCUT2D eigenvalue weighted by molar-refractivity contribution is -0.758. The van der Waals surface area contributed by atoms with E-state index in [1.165, 1.54) is 6.42 Å². The molecule has 0 unspecified atom stereocenters. The summed E-state index contributed by atoms with van der Waals surface area (Å²) < 4.78 is 1.59. The minimum Gasteiger partial charge on any atom is -0.314 e. The first-order valence-corrected chi connectivity index (χ1v) is 9.63. The van der Waals surface area contributed by atoms with Gasteiger partial charge >= 0.3 is 0 Å². The van der Waals surface area contributed by atoms with Gasteiger partial charge in [-0.2, -0.15) is 0 Å². The molecule has 6 fully saturated rings. The highest BCUT2D eigenvalue weighted by molar-refractivity contribution is 14.1. The summed E-state index contributed by atoms with van der Waals surface area (Å²) in [5.74, 6) is 6.51. The number of hydrogen-bond acceptors (Lipinski definition) is 3. The van der Waals surface area contributed by atoms with E-state index in [1.807, 2.05) is 0 Å². The fourth-order valence-corrected chi connectivity index (χ4v) is 11.8. The molecule has 6 aliphatic rings. The Balaban J connectivity index is 1.52. The largest absolute Gasteiger partial charge is 0.314 e. The van der Waals surface area contributed by atoms with Crippen molar-refractivity contribution in [3.05, 3.63) is 10.1 Å². The van der Waals surface area contributed by atoms with Gasteiger partial charge in [-0.25, -0.2) is 0 Å². The summed E-state index contributed by atoms with van der Waals surface area (Å²) in [6.45, 7) is 0.312. The Hall–Kier alpha value is 0.660. The summed E-state index contributed by atoms with van der Waals surface area (Å²) in [6, 6.07) is 0. The molecule has 10 atom stereocenters. The Labute approximate surface area is 138 Å². The topological polar surface area (TPSA) is 52.4 Å². The maximum Gasteiger partial charge on any atom is 0.294 e. The zero-order valence-corrected chi connectivity index (χ0v) is 14.6. The third-order valence-electron chi connectivity index (χ3n) is 7.30. The molecule has 6 saturated carbocycles. The molecule has 0 radical (unpaired) electrons. The van der Waals surface area contributed by atoms with Crippen LogP contribution in [0.2, 0.25) is 0 Å². The van der Waals surface area contributed by atoms with Crippen LogP contribution in [0.1, 0.15) is 12.8 Å². The standard InChI is InChI=1S/C13H15I2NO3/c14-11-8-4-3-5-7-6(4)10(11)13(9(5)8,12(7)15)1-2-19-16(17)18/h4-12H,1-3H2/t4-,5-,6-,7+,8+,9+,10-,11+,12+,13-/m0/s1. The SMILES string of the molecule is O=[N+]([O-])OCC[C@]12[C@@H]3[C@H](I)[C@@H]4[C@H]5C[C@@H]([C@H]([C@H]53)[C@H]1I)[C@H]42. The van der Waals surface area contributed by atoms with E-state index in [0.717, 1.165) is 55.7 Å². The summed E-state index contributed by atoms with van der Waals surface area (Å²) in [5.41, 5.74) is 0.389. The summed E-state index contributed by atoms with van der Waals surface area (Å²) >= 11 is 5.40. The van der Waals surface area contributed by atoms with Crippen molar-refractivity contribution in [1.82, 2.24) is 0 Å². The molecule has 0 spiro atoms. The Bertz CT molecular complexity index is 485. The third kappa shape index (κ3) is 1.07. The molecule has 0 N–H and O–H groups in total. The summed E-state index contributed by atoms with van der Waals surface area (Å²) in [4.78, 5) is 15.1. The van der Waals surface area contributed by atoms with Crippen molar-refractivity contribution in [3.63, 3.8) is 0 Å². The number of rotatable bonds is 4. The molecule has 4 nitrogen and oxygen atoms in total. The molecule has 0 heterocycles. The highest BCUT2D eigenvalue weighted by Gasteiger charge is 2.87. The quantitative estimate of drug-likeness (QED) is 0.266. The van der Waals surface area contributed by atoms with Gasteiger partial charge in [0, 0.05) is 7.85 Å². The Kier molecular flexibility index (Phi) is 2.27. The molecule has 104 valence electrons. The molecule has 0 amide bonds. The van der Waals surface area contributed by atoms with Crippen molar-refractivity contribution in [3.8, 4) is 0 Å². The van der Waals surface area contributed by atoms with E-state index in [-0.39, 0.29) is 0 Å². The third-order valence-corrected chi connectivity index (χ3v) is 10.9. The molecular weight excluding hydrogens is 472 g/mol. The van der Waals surface area contributed by atoms with Crippen molar-refractivity contribution in [1.29, 1.82) is 0 Å². The summed E-state index contributed by atoms with van der Waals surface area (Å²) in [7, 11) is 0. The van der Waals surface area contributed by atoms with Gasteiger partial charge in [-0.05, 0) is 59.7 Å². The van der Waals surface area contributed by atoms with Crippen LogP contribution in [0.25, 0.3) is 0 Å². The molecule has 0 aromatic rings. The Morgan fingerprint density at radius 1 is 1.21 bits per heavy atom. The molecule has 19 heavy (non-hydrogen) atoms. The van der Waals surface area contributed by atoms with Gasteiger partial charge in [0.05, 0.1) is 6.61 Å². The van der Waals surface area contributed by atoms with Crippen molar-refractivity contribution in [2.75, 3.05) is 6.61 Å². The Morgan fingerprint density at radius 3 is 2.74 bits per heavy atom. The van der Waals surface area contributed by atoms with Gasteiger partial charge < -0.3 is 4.84 Å². The van der Waals surface area contributed by atoms with Gasteiger partial charge in [0.1, 0.15) is 0 Å². The molecule has 0 aromatic heterocycles. The highest BCUT2D eigenvalue weighted by Crippen LogP contribution is 2.89. The molecule has 0 aromatic carbocycles. The zero-order valence-electron chi connectivity index (χ0n) is 10.2. The second kappa shape index (κ2) is 3.52. The summed E-state index contributed by atoms with van der Waals surface area (Å²) in [5, 5.41) is 9.81. The second-order valence-electron chi connectivity index (χ2n) is 7.11. The van der Waals surface area contributed by atoms with Crippen LogP contribution in [0.5, 0.6) is 0 Å². The van der Waals surface area contributed by atoms with E-state index in [2.05, 4.69) is 50.0 Å². The number of halogens is 2. The van der Waals surface area contributed by atoms with Crippen LogP contribution in [-0.4, -0.2) is 19.5 Å². The van der Waals surface area contributed by atoms with Crippen LogP contribution >= 0.6 is 45.2 Å². The average molecular weight is 487 g/mol. The van der Waals surface area contributed by atoms with Crippen molar-refractivity contribution in [2.24, 2.45) is 46.8 Å². The predicted octanol–water partition coefficient (Wildman–Crippen LogP) is 2.95. The van der Waals surface area contributed by atoms with Crippen molar-refractivity contribution in [2.45, 2.75) is 20.7 Å². The molecule has 6 rings (SSSR count). The molecule has 6 bridgehead atoms. The summed E-state index contributed by atoms with van der Waals surface area (Å²) in [6.07, 6.45) is 2.39. The van der Waals surface area contributed by atoms with Crippen LogP contribution in [0, 0.1) is 57.0 Å². The van der Waals surface area contributed by atoms with E-state index < -0.39 is 5.09 Å². The number of alkyl halides is 2. The van der Waals surface area contributed by atoms with Crippen molar-refractivity contribution < 1.29 is 9.92 Å². The fraction of sp³-hybridized carbons (Fsp3) is 1.00. The van der Waals surface area contributed by atoms with Crippen LogP contribution in [0.4, 0.5) is 0 Å².